The third-order valence-electron chi connectivity index (χ3n) is 3.11. The van der Waals surface area contributed by atoms with E-state index in [4.69, 9.17) is 28.5 Å². The molecule has 0 aliphatic carbocycles. The molecule has 2 aromatic carbocycles. The zero-order valence-electron chi connectivity index (χ0n) is 12.4. The summed E-state index contributed by atoms with van der Waals surface area (Å²) in [5.41, 5.74) is -0.970. The van der Waals surface area contributed by atoms with Crippen molar-refractivity contribution >= 4 is 38.7 Å². The smallest absolute Gasteiger partial charge is 0.363 e. The Balaban J connectivity index is 2.81. The molecule has 2 rings (SSSR count). The van der Waals surface area contributed by atoms with Crippen LogP contribution in [0.15, 0.2) is 34.1 Å². The Morgan fingerprint density at radius 3 is 2.40 bits per heavy atom. The van der Waals surface area contributed by atoms with Gasteiger partial charge < -0.3 is 10.2 Å². The van der Waals surface area contributed by atoms with Gasteiger partial charge in [0.1, 0.15) is 11.0 Å². The van der Waals surface area contributed by atoms with Gasteiger partial charge in [0.25, 0.3) is 4.92 Å². The molecule has 0 amide bonds. The first-order valence-electron chi connectivity index (χ1n) is 6.35. The van der Waals surface area contributed by atoms with Crippen molar-refractivity contribution in [2.45, 2.75) is 9.79 Å². The highest BCUT2D eigenvalue weighted by molar-refractivity contribution is 7.91. The molecule has 0 bridgehead atoms. The Kier molecular flexibility index (Phi) is 5.08. The van der Waals surface area contributed by atoms with Crippen LogP contribution in [0.1, 0.15) is 5.56 Å². The highest BCUT2D eigenvalue weighted by Crippen LogP contribution is 2.41. The van der Waals surface area contributed by atoms with Gasteiger partial charge in [-0.25, -0.2) is 13.3 Å². The van der Waals surface area contributed by atoms with Crippen molar-refractivity contribution in [1.82, 2.24) is 0 Å². The monoisotopic (exact) mass is 403 g/mol. The Morgan fingerprint density at radius 1 is 1.20 bits per heavy atom. The van der Waals surface area contributed by atoms with Crippen molar-refractivity contribution in [2.24, 2.45) is 0 Å². The van der Waals surface area contributed by atoms with E-state index in [1.807, 2.05) is 0 Å². The molecule has 0 spiro atoms. The van der Waals surface area contributed by atoms with Gasteiger partial charge in [0.2, 0.25) is 15.6 Å². The van der Waals surface area contributed by atoms with Gasteiger partial charge in [-0.3, -0.25) is 0 Å². The van der Waals surface area contributed by atoms with E-state index in [2.05, 4.69) is 4.84 Å². The van der Waals surface area contributed by atoms with Crippen LogP contribution in [-0.2, 0) is 14.7 Å². The van der Waals surface area contributed by atoms with Gasteiger partial charge in [-0.15, -0.1) is 0 Å². The number of hydrogen-bond acceptors (Lipinski definition) is 7. The van der Waals surface area contributed by atoms with Gasteiger partial charge in [0.05, 0.1) is 20.4 Å². The predicted octanol–water partition coefficient (Wildman–Crippen LogP) is 3.08. The second-order valence-electron chi connectivity index (χ2n) is 4.63. The molecule has 0 fully saturated rings. The van der Waals surface area contributed by atoms with Crippen molar-refractivity contribution in [1.29, 1.82) is 5.26 Å². The number of hydrogen-bond donors (Lipinski definition) is 2. The minimum atomic E-state index is -4.44. The third kappa shape index (κ3) is 3.32. The van der Waals surface area contributed by atoms with Crippen LogP contribution in [-0.4, -0.2) is 30.7 Å². The van der Waals surface area contributed by atoms with Crippen molar-refractivity contribution < 1.29 is 28.4 Å². The maximum atomic E-state index is 12.8. The molecule has 2 aromatic rings. The second-order valence-corrected chi connectivity index (χ2v) is 7.36. The summed E-state index contributed by atoms with van der Waals surface area (Å²) in [6.07, 6.45) is 0. The lowest BCUT2D eigenvalue weighted by Crippen LogP contribution is -2.07. The first-order valence-corrected chi connectivity index (χ1v) is 8.59. The number of sulfone groups is 1. The molecule has 0 saturated carbocycles. The van der Waals surface area contributed by atoms with Gasteiger partial charge in [0, 0.05) is 17.2 Å². The first-order chi connectivity index (χ1) is 11.6. The van der Waals surface area contributed by atoms with E-state index in [9.17, 15) is 23.5 Å². The zero-order chi connectivity index (χ0) is 18.9. The normalized spacial score (nSPS) is 11.0. The predicted molar refractivity (Wildman–Crippen MR) is 86.7 cm³/mol. The molecule has 2 N–H and O–H groups in total. The van der Waals surface area contributed by atoms with Crippen LogP contribution in [0.5, 0.6) is 11.5 Å². The first kappa shape index (κ1) is 18.8. The molecule has 130 valence electrons. The Bertz CT molecular complexity index is 1030. The number of phenolic OH excluding ortho intramolecular Hbond substituents is 2. The molecule has 0 aliphatic heterocycles. The maximum absolute atomic E-state index is 12.8. The van der Waals surface area contributed by atoms with Crippen LogP contribution in [0.2, 0.25) is 10.0 Å². The molecule has 8 nitrogen and oxygen atoms in total. The zero-order valence-corrected chi connectivity index (χ0v) is 14.7. The van der Waals surface area contributed by atoms with Crippen molar-refractivity contribution in [2.75, 3.05) is 7.11 Å². The van der Waals surface area contributed by atoms with E-state index in [0.29, 0.717) is 6.07 Å². The molecule has 0 unspecified atom stereocenters. The molecular formula is C14H9Cl2N2O6S+. The third-order valence-corrected chi connectivity index (χ3v) is 5.58. The van der Waals surface area contributed by atoms with Crippen LogP contribution < -0.4 is 0 Å². The Hall–Kier alpha value is -2.54. The van der Waals surface area contributed by atoms with Gasteiger partial charge in [-0.05, 0) is 12.1 Å². The number of phenols is 2. The number of halogens is 2. The average Bonchev–Trinajstić information content (AvgIpc) is 2.55. The largest absolute Gasteiger partial charge is 0.504 e. The Labute approximate surface area is 151 Å². The van der Waals surface area contributed by atoms with Crippen molar-refractivity contribution in [3.05, 3.63) is 44.8 Å². The van der Waals surface area contributed by atoms with Crippen LogP contribution >= 0.6 is 23.2 Å². The second kappa shape index (κ2) is 6.76. The molecule has 0 atom stereocenters. The number of rotatable bonds is 4. The molecule has 0 saturated heterocycles. The van der Waals surface area contributed by atoms with Crippen LogP contribution in [0.3, 0.4) is 0 Å². The summed E-state index contributed by atoms with van der Waals surface area (Å²) >= 11 is 11.7. The number of benzene rings is 2. The average molecular weight is 404 g/mol. The van der Waals surface area contributed by atoms with E-state index in [0.717, 1.165) is 25.3 Å². The minimum absolute atomic E-state index is 0.0554. The van der Waals surface area contributed by atoms with E-state index < -0.39 is 36.8 Å². The fraction of sp³-hybridized carbons (Fsp3) is 0.0714. The summed E-state index contributed by atoms with van der Waals surface area (Å²) in [5, 5.41) is 28.3. The number of aromatic hydroxyl groups is 2. The summed E-state index contributed by atoms with van der Waals surface area (Å²) in [5.74, 6) is -1.75. The van der Waals surface area contributed by atoms with Crippen LogP contribution in [0.25, 0.3) is 0 Å². The summed E-state index contributed by atoms with van der Waals surface area (Å²) in [6, 6.07) is 5.39. The summed E-state index contributed by atoms with van der Waals surface area (Å²) in [4.78, 5) is 14.6. The van der Waals surface area contributed by atoms with E-state index in [1.165, 1.54) is 0 Å². The van der Waals surface area contributed by atoms with Gasteiger partial charge in [-0.1, -0.05) is 23.2 Å². The molecule has 0 aliphatic rings. The molecular weight excluding hydrogens is 395 g/mol. The lowest BCUT2D eigenvalue weighted by Gasteiger charge is -2.10. The minimum Gasteiger partial charge on any atom is -0.504 e. The lowest BCUT2D eigenvalue weighted by molar-refractivity contribution is -0.737. The van der Waals surface area contributed by atoms with Crippen molar-refractivity contribution in [3.63, 3.8) is 0 Å². The van der Waals surface area contributed by atoms with Gasteiger partial charge >= 0.3 is 5.69 Å². The van der Waals surface area contributed by atoms with Gasteiger partial charge in [-0.2, -0.15) is 5.26 Å². The van der Waals surface area contributed by atoms with Crippen LogP contribution in [0, 0.1) is 16.2 Å². The van der Waals surface area contributed by atoms with Crippen molar-refractivity contribution in [3.8, 4) is 17.6 Å². The molecule has 11 heteroatoms. The molecule has 0 radical (unpaired) electrons. The van der Waals surface area contributed by atoms with Gasteiger partial charge in [0.15, 0.2) is 12.9 Å². The highest BCUT2D eigenvalue weighted by atomic mass is 35.5. The standard InChI is InChI=1S/C14H8Cl2N2O6S/c1-24-18(21)11-4-9(5-12(19)13(11)20)25(22,23)14-7(6-17)2-8(15)3-10(14)16/h2-5H,1H3,(H-,19,20,21)/p+1. The highest BCUT2D eigenvalue weighted by Gasteiger charge is 2.32. The lowest BCUT2D eigenvalue weighted by atomic mass is 10.2. The maximum Gasteiger partial charge on any atom is 0.363 e. The van der Waals surface area contributed by atoms with E-state index >= 15 is 0 Å². The van der Waals surface area contributed by atoms with Crippen LogP contribution in [0.4, 0.5) is 5.69 Å². The summed E-state index contributed by atoms with van der Waals surface area (Å²) in [7, 11) is -3.46. The molecule has 0 heterocycles. The quantitative estimate of drug-likeness (QED) is 0.592. The molecule has 25 heavy (non-hydrogen) atoms. The fourth-order valence-corrected chi connectivity index (χ4v) is 4.28. The SMILES string of the molecule is CO[N+](=O)c1cc(S(=O)(=O)c2c(Cl)cc(Cl)cc2C#N)cc(O)c1O. The fourth-order valence-electron chi connectivity index (χ4n) is 2.01. The number of nitrogens with zero attached hydrogens (tertiary/aromatic N) is 2. The topological polar surface area (TPSA) is 128 Å². The summed E-state index contributed by atoms with van der Waals surface area (Å²) < 4.78 is 25.7. The van der Waals surface area contributed by atoms with E-state index in [1.54, 1.807) is 6.07 Å². The number of nitriles is 1. The van der Waals surface area contributed by atoms with E-state index in [-0.39, 0.29) is 20.5 Å². The summed E-state index contributed by atoms with van der Waals surface area (Å²) in [6.45, 7) is 0. The Morgan fingerprint density at radius 2 is 1.84 bits per heavy atom. The molecule has 0 aromatic heterocycles.